The van der Waals surface area contributed by atoms with E-state index in [1.165, 1.54) is 25.6 Å². The molecule has 1 aliphatic carbocycles. The number of fused-ring (bicyclic) bond motifs is 1. The number of urea groups is 1. The molecule has 2 N–H and O–H groups in total. The van der Waals surface area contributed by atoms with Crippen LogP contribution < -0.4 is 15.4 Å². The first kappa shape index (κ1) is 16.5. The number of rotatable bonds is 4. The van der Waals surface area contributed by atoms with Crippen molar-refractivity contribution in [3.8, 4) is 5.75 Å². The van der Waals surface area contributed by atoms with Crippen LogP contribution in [0.3, 0.4) is 0 Å². The van der Waals surface area contributed by atoms with E-state index in [0.29, 0.717) is 19.0 Å². The van der Waals surface area contributed by atoms with Crippen LogP contribution in [0.1, 0.15) is 32.1 Å². The molecule has 3 fully saturated rings. The zero-order chi connectivity index (χ0) is 17.1. The van der Waals surface area contributed by atoms with Crippen LogP contribution in [0.2, 0.25) is 0 Å². The zero-order valence-electron chi connectivity index (χ0n) is 14.1. The Morgan fingerprint density at radius 3 is 2.60 bits per heavy atom. The van der Waals surface area contributed by atoms with Gasteiger partial charge in [0.25, 0.3) is 0 Å². The van der Waals surface area contributed by atoms with E-state index in [9.17, 15) is 4.79 Å². The first-order valence-electron chi connectivity index (χ1n) is 9.01. The van der Waals surface area contributed by atoms with Crippen LogP contribution in [-0.2, 0) is 9.47 Å². The number of carbonyl (C=O) groups excluding carboxylic acids is 1. The Balaban J connectivity index is 1.28. The van der Waals surface area contributed by atoms with Gasteiger partial charge in [0.1, 0.15) is 18.5 Å². The third-order valence-corrected chi connectivity index (χ3v) is 5.09. The number of hydrogen-bond acceptors (Lipinski definition) is 6. The molecule has 25 heavy (non-hydrogen) atoms. The fourth-order valence-electron chi connectivity index (χ4n) is 3.85. The second-order valence-corrected chi connectivity index (χ2v) is 6.89. The van der Waals surface area contributed by atoms with Crippen molar-refractivity contribution in [1.82, 2.24) is 20.6 Å². The summed E-state index contributed by atoms with van der Waals surface area (Å²) in [5.74, 6) is 0.590. The number of nitrogens with one attached hydrogen (secondary N) is 2. The third kappa shape index (κ3) is 3.85. The monoisotopic (exact) mass is 348 g/mol. The Bertz CT molecular complexity index is 581. The van der Waals surface area contributed by atoms with E-state index in [0.717, 1.165) is 12.8 Å². The van der Waals surface area contributed by atoms with Gasteiger partial charge in [0.05, 0.1) is 31.6 Å². The predicted molar refractivity (Wildman–Crippen MR) is 88.3 cm³/mol. The molecular weight excluding hydrogens is 324 g/mol. The minimum atomic E-state index is -0.218. The standard InChI is InChI=1S/C17H24N4O4/c22-17(20-11-4-2-1-3-5-11)21-13-8-23-16-14(9-24-15(13)16)25-12-6-18-10-19-7-12/h6-7,10-11,13-16H,1-5,8-9H2,(H2,20,21,22)/t13-,14-,15+,16+/m0/s1. The van der Waals surface area contributed by atoms with E-state index in [-0.39, 0.29) is 36.4 Å². The first-order valence-corrected chi connectivity index (χ1v) is 9.01. The lowest BCUT2D eigenvalue weighted by atomic mass is 9.96. The molecule has 0 radical (unpaired) electrons. The van der Waals surface area contributed by atoms with Gasteiger partial charge in [0.2, 0.25) is 0 Å². The van der Waals surface area contributed by atoms with Crippen LogP contribution in [0.5, 0.6) is 5.75 Å². The van der Waals surface area contributed by atoms with Crippen molar-refractivity contribution in [2.24, 2.45) is 0 Å². The molecule has 2 amide bonds. The van der Waals surface area contributed by atoms with Crippen molar-refractivity contribution >= 4 is 6.03 Å². The van der Waals surface area contributed by atoms with Gasteiger partial charge in [-0.15, -0.1) is 0 Å². The van der Waals surface area contributed by atoms with Crippen molar-refractivity contribution in [3.05, 3.63) is 18.7 Å². The number of nitrogens with zero attached hydrogens (tertiary/aromatic N) is 2. The molecule has 8 nitrogen and oxygen atoms in total. The molecule has 2 saturated heterocycles. The fraction of sp³-hybridized carbons (Fsp3) is 0.706. The van der Waals surface area contributed by atoms with E-state index in [2.05, 4.69) is 20.6 Å². The zero-order valence-corrected chi connectivity index (χ0v) is 14.1. The normalized spacial score (nSPS) is 32.2. The molecule has 4 rings (SSSR count). The predicted octanol–water partition coefficient (Wildman–Crippen LogP) is 1.02. The number of hydrogen-bond donors (Lipinski definition) is 2. The Morgan fingerprint density at radius 1 is 1.04 bits per heavy atom. The summed E-state index contributed by atoms with van der Waals surface area (Å²) in [6.07, 6.45) is 9.85. The molecule has 2 aliphatic heterocycles. The van der Waals surface area contributed by atoms with Gasteiger partial charge in [0, 0.05) is 6.04 Å². The molecule has 136 valence electrons. The van der Waals surface area contributed by atoms with Gasteiger partial charge in [-0.05, 0) is 12.8 Å². The maximum absolute atomic E-state index is 12.2. The van der Waals surface area contributed by atoms with Gasteiger partial charge < -0.3 is 24.8 Å². The Morgan fingerprint density at radius 2 is 1.80 bits per heavy atom. The minimum absolute atomic E-state index is 0.134. The van der Waals surface area contributed by atoms with Gasteiger partial charge in [-0.3, -0.25) is 0 Å². The topological polar surface area (TPSA) is 94.6 Å². The van der Waals surface area contributed by atoms with Crippen molar-refractivity contribution in [2.45, 2.75) is 62.5 Å². The molecule has 3 aliphatic rings. The Kier molecular flexibility index (Phi) is 4.98. The highest BCUT2D eigenvalue weighted by Gasteiger charge is 2.49. The van der Waals surface area contributed by atoms with Crippen LogP contribution >= 0.6 is 0 Å². The van der Waals surface area contributed by atoms with E-state index in [1.807, 2.05) is 0 Å². The van der Waals surface area contributed by atoms with Crippen molar-refractivity contribution in [2.75, 3.05) is 13.2 Å². The molecule has 1 aromatic heterocycles. The van der Waals surface area contributed by atoms with Gasteiger partial charge in [-0.25, -0.2) is 14.8 Å². The lowest BCUT2D eigenvalue weighted by Gasteiger charge is -2.24. The summed E-state index contributed by atoms with van der Waals surface area (Å²) in [6, 6.07) is -0.00896. The number of aromatic nitrogens is 2. The number of ether oxygens (including phenoxy) is 3. The fourth-order valence-corrected chi connectivity index (χ4v) is 3.85. The molecule has 8 heteroatoms. The van der Waals surface area contributed by atoms with Crippen LogP contribution in [0.15, 0.2) is 18.7 Å². The van der Waals surface area contributed by atoms with Crippen molar-refractivity contribution < 1.29 is 19.0 Å². The molecule has 0 spiro atoms. The summed E-state index contributed by atoms with van der Waals surface area (Å²) in [6.45, 7) is 0.852. The first-order chi connectivity index (χ1) is 12.3. The molecular formula is C17H24N4O4. The van der Waals surface area contributed by atoms with E-state index in [1.54, 1.807) is 12.4 Å². The molecule has 0 unspecified atom stereocenters. The summed E-state index contributed by atoms with van der Waals surface area (Å²) in [5, 5.41) is 6.07. The molecule has 0 aromatic carbocycles. The second-order valence-electron chi connectivity index (χ2n) is 6.89. The SMILES string of the molecule is O=C(NC1CCCCC1)N[C@H]1CO[C@H]2[C@@H]1OC[C@@H]2Oc1cncnc1. The van der Waals surface area contributed by atoms with Gasteiger partial charge in [0.15, 0.2) is 11.9 Å². The third-order valence-electron chi connectivity index (χ3n) is 5.09. The van der Waals surface area contributed by atoms with E-state index >= 15 is 0 Å². The van der Waals surface area contributed by atoms with Gasteiger partial charge in [-0.1, -0.05) is 19.3 Å². The number of carbonyl (C=O) groups is 1. The highest BCUT2D eigenvalue weighted by molar-refractivity contribution is 5.74. The minimum Gasteiger partial charge on any atom is -0.482 e. The largest absolute Gasteiger partial charge is 0.482 e. The van der Waals surface area contributed by atoms with Crippen molar-refractivity contribution in [1.29, 1.82) is 0 Å². The Hall–Kier alpha value is -1.93. The quantitative estimate of drug-likeness (QED) is 0.844. The second kappa shape index (κ2) is 7.53. The maximum Gasteiger partial charge on any atom is 0.315 e. The average molecular weight is 348 g/mol. The smallest absolute Gasteiger partial charge is 0.315 e. The summed E-state index contributed by atoms with van der Waals surface area (Å²) < 4.78 is 17.5. The molecule has 1 aromatic rings. The summed E-state index contributed by atoms with van der Waals surface area (Å²) in [4.78, 5) is 20.1. The summed E-state index contributed by atoms with van der Waals surface area (Å²) in [7, 11) is 0. The van der Waals surface area contributed by atoms with Gasteiger partial charge >= 0.3 is 6.03 Å². The summed E-state index contributed by atoms with van der Waals surface area (Å²) >= 11 is 0. The highest BCUT2D eigenvalue weighted by atomic mass is 16.6. The molecule has 1 saturated carbocycles. The maximum atomic E-state index is 12.2. The van der Waals surface area contributed by atoms with Gasteiger partial charge in [-0.2, -0.15) is 0 Å². The van der Waals surface area contributed by atoms with E-state index < -0.39 is 0 Å². The lowest BCUT2D eigenvalue weighted by molar-refractivity contribution is 0.0300. The molecule has 4 atom stereocenters. The average Bonchev–Trinajstić information content (AvgIpc) is 3.21. The lowest BCUT2D eigenvalue weighted by Crippen LogP contribution is -2.51. The van der Waals surface area contributed by atoms with Crippen LogP contribution in [0.25, 0.3) is 0 Å². The van der Waals surface area contributed by atoms with Crippen LogP contribution in [0.4, 0.5) is 4.79 Å². The number of amides is 2. The van der Waals surface area contributed by atoms with Crippen LogP contribution in [0, 0.1) is 0 Å². The molecule has 0 bridgehead atoms. The van der Waals surface area contributed by atoms with E-state index in [4.69, 9.17) is 14.2 Å². The summed E-state index contributed by atoms with van der Waals surface area (Å²) in [5.41, 5.74) is 0. The van der Waals surface area contributed by atoms with Crippen molar-refractivity contribution in [3.63, 3.8) is 0 Å². The highest BCUT2D eigenvalue weighted by Crippen LogP contribution is 2.29. The molecule has 3 heterocycles. The van der Waals surface area contributed by atoms with Crippen LogP contribution in [-0.4, -0.2) is 59.6 Å². The Labute approximate surface area is 146 Å².